The van der Waals surface area contributed by atoms with Gasteiger partial charge in [0.25, 0.3) is 0 Å². The number of hydrogen-bond acceptors (Lipinski definition) is 4. The van der Waals surface area contributed by atoms with Crippen LogP contribution in [0.1, 0.15) is 0 Å². The zero-order valence-corrected chi connectivity index (χ0v) is 9.38. The Morgan fingerprint density at radius 3 is 2.81 bits per heavy atom. The summed E-state index contributed by atoms with van der Waals surface area (Å²) in [6, 6.07) is 5.63. The third kappa shape index (κ3) is 2.15. The molecular formula is C11H15N3O2. The molecule has 0 unspecified atom stereocenters. The first-order valence-electron chi connectivity index (χ1n) is 5.01. The minimum Gasteiger partial charge on any atom is -0.399 e. The predicted octanol–water partition coefficient (Wildman–Crippen LogP) is 1.24. The minimum atomic E-state index is -0.286. The van der Waals surface area contributed by atoms with Crippen molar-refractivity contribution in [3.05, 3.63) is 24.4 Å². The molecule has 2 aromatic rings. The van der Waals surface area contributed by atoms with Crippen molar-refractivity contribution < 1.29 is 9.47 Å². The van der Waals surface area contributed by atoms with Crippen LogP contribution < -0.4 is 5.73 Å². The first kappa shape index (κ1) is 10.9. The van der Waals surface area contributed by atoms with Crippen molar-refractivity contribution in [2.75, 3.05) is 20.0 Å². The van der Waals surface area contributed by atoms with E-state index in [4.69, 9.17) is 15.2 Å². The highest BCUT2D eigenvalue weighted by Gasteiger charge is 2.08. The van der Waals surface area contributed by atoms with E-state index >= 15 is 0 Å². The molecule has 1 heterocycles. The van der Waals surface area contributed by atoms with Gasteiger partial charge in [0.2, 0.25) is 0 Å². The Morgan fingerprint density at radius 1 is 1.38 bits per heavy atom. The summed E-state index contributed by atoms with van der Waals surface area (Å²) in [4.78, 5) is 0. The minimum absolute atomic E-state index is 0.286. The van der Waals surface area contributed by atoms with Crippen molar-refractivity contribution in [2.24, 2.45) is 0 Å². The van der Waals surface area contributed by atoms with Crippen LogP contribution in [-0.4, -0.2) is 30.3 Å². The fourth-order valence-electron chi connectivity index (χ4n) is 1.59. The molecule has 1 aromatic carbocycles. The summed E-state index contributed by atoms with van der Waals surface area (Å²) in [6.45, 7) is 0.557. The highest BCUT2D eigenvalue weighted by molar-refractivity contribution is 5.81. The number of ether oxygens (including phenoxy) is 2. The van der Waals surface area contributed by atoms with E-state index in [1.807, 2.05) is 24.4 Å². The molecule has 2 N–H and O–H groups in total. The van der Waals surface area contributed by atoms with Crippen LogP contribution in [0.3, 0.4) is 0 Å². The van der Waals surface area contributed by atoms with Gasteiger partial charge in [0.05, 0.1) is 12.1 Å². The number of hydrogen-bond donors (Lipinski definition) is 1. The van der Waals surface area contributed by atoms with Gasteiger partial charge in [-0.15, -0.1) is 0 Å². The average Bonchev–Trinajstić information content (AvgIpc) is 2.67. The molecule has 0 aliphatic carbocycles. The Morgan fingerprint density at radius 2 is 2.12 bits per heavy atom. The summed E-state index contributed by atoms with van der Waals surface area (Å²) < 4.78 is 12.0. The first-order valence-corrected chi connectivity index (χ1v) is 5.01. The molecule has 1 aromatic heterocycles. The SMILES string of the molecule is COC(Cn1cc2cc(N)ccc2n1)OC. The molecule has 86 valence electrons. The van der Waals surface area contributed by atoms with Crippen molar-refractivity contribution in [1.82, 2.24) is 9.78 Å². The largest absolute Gasteiger partial charge is 0.399 e. The molecule has 16 heavy (non-hydrogen) atoms. The smallest absolute Gasteiger partial charge is 0.176 e. The number of anilines is 1. The van der Waals surface area contributed by atoms with Gasteiger partial charge in [-0.1, -0.05) is 0 Å². The Labute approximate surface area is 93.7 Å². The van der Waals surface area contributed by atoms with Crippen molar-refractivity contribution in [1.29, 1.82) is 0 Å². The lowest BCUT2D eigenvalue weighted by Crippen LogP contribution is -2.20. The Hall–Kier alpha value is -1.59. The van der Waals surface area contributed by atoms with E-state index in [2.05, 4.69) is 5.10 Å². The van der Waals surface area contributed by atoms with E-state index in [-0.39, 0.29) is 6.29 Å². The van der Waals surface area contributed by atoms with Gasteiger partial charge >= 0.3 is 0 Å². The lowest BCUT2D eigenvalue weighted by Gasteiger charge is -2.12. The summed E-state index contributed by atoms with van der Waals surface area (Å²) >= 11 is 0. The number of nitrogen functional groups attached to an aromatic ring is 1. The molecular weight excluding hydrogens is 206 g/mol. The first-order chi connectivity index (χ1) is 7.72. The molecule has 0 bridgehead atoms. The number of methoxy groups -OCH3 is 2. The molecule has 0 aliphatic rings. The highest BCUT2D eigenvalue weighted by atomic mass is 16.7. The Bertz CT molecular complexity index is 477. The molecule has 0 saturated carbocycles. The topological polar surface area (TPSA) is 62.3 Å². The Kier molecular flexibility index (Phi) is 3.07. The maximum absolute atomic E-state index is 5.70. The summed E-state index contributed by atoms with van der Waals surface area (Å²) in [5.41, 5.74) is 7.36. The fraction of sp³-hybridized carbons (Fsp3) is 0.364. The molecule has 0 fully saturated rings. The van der Waals surface area contributed by atoms with E-state index in [0.717, 1.165) is 16.6 Å². The van der Waals surface area contributed by atoms with Crippen molar-refractivity contribution >= 4 is 16.6 Å². The maximum atomic E-state index is 5.70. The summed E-state index contributed by atoms with van der Waals surface area (Å²) in [6.07, 6.45) is 1.64. The van der Waals surface area contributed by atoms with E-state index in [9.17, 15) is 0 Å². The number of rotatable bonds is 4. The number of fused-ring (bicyclic) bond motifs is 1. The van der Waals surface area contributed by atoms with Gasteiger partial charge < -0.3 is 15.2 Å². The average molecular weight is 221 g/mol. The Balaban J connectivity index is 2.25. The number of nitrogens with two attached hydrogens (primary N) is 1. The monoisotopic (exact) mass is 221 g/mol. The van der Waals surface area contributed by atoms with E-state index in [1.165, 1.54) is 0 Å². The van der Waals surface area contributed by atoms with Gasteiger partial charge in [0, 0.05) is 31.5 Å². The lowest BCUT2D eigenvalue weighted by atomic mass is 10.2. The molecule has 2 rings (SSSR count). The van der Waals surface area contributed by atoms with Crippen LogP contribution in [0.2, 0.25) is 0 Å². The van der Waals surface area contributed by atoms with Crippen LogP contribution in [0.5, 0.6) is 0 Å². The third-order valence-electron chi connectivity index (χ3n) is 2.44. The summed E-state index contributed by atoms with van der Waals surface area (Å²) in [5.74, 6) is 0. The fourth-order valence-corrected chi connectivity index (χ4v) is 1.59. The van der Waals surface area contributed by atoms with E-state index in [1.54, 1.807) is 18.9 Å². The van der Waals surface area contributed by atoms with Crippen LogP contribution in [0.25, 0.3) is 10.9 Å². The summed E-state index contributed by atoms with van der Waals surface area (Å²) in [5, 5.41) is 5.41. The normalized spacial score (nSPS) is 11.4. The second kappa shape index (κ2) is 4.51. The van der Waals surface area contributed by atoms with Crippen LogP contribution >= 0.6 is 0 Å². The second-order valence-corrected chi connectivity index (χ2v) is 3.57. The van der Waals surface area contributed by atoms with E-state index in [0.29, 0.717) is 6.54 Å². The third-order valence-corrected chi connectivity index (χ3v) is 2.44. The zero-order valence-electron chi connectivity index (χ0n) is 9.38. The van der Waals surface area contributed by atoms with Gasteiger partial charge in [-0.2, -0.15) is 5.10 Å². The van der Waals surface area contributed by atoms with Gasteiger partial charge in [-0.05, 0) is 18.2 Å². The second-order valence-electron chi connectivity index (χ2n) is 3.57. The molecule has 0 saturated heterocycles. The van der Waals surface area contributed by atoms with Crippen LogP contribution in [0.4, 0.5) is 5.69 Å². The molecule has 0 atom stereocenters. The predicted molar refractivity (Wildman–Crippen MR) is 62.0 cm³/mol. The lowest BCUT2D eigenvalue weighted by molar-refractivity contribution is -0.112. The van der Waals surface area contributed by atoms with Crippen molar-refractivity contribution in [2.45, 2.75) is 12.8 Å². The summed E-state index contributed by atoms with van der Waals surface area (Å²) in [7, 11) is 3.21. The molecule has 0 spiro atoms. The number of benzene rings is 1. The van der Waals surface area contributed by atoms with E-state index < -0.39 is 0 Å². The standard InChI is InChI=1S/C11H15N3O2/c1-15-11(16-2)7-14-6-8-5-9(12)3-4-10(8)13-14/h3-6,11H,7,12H2,1-2H3. The molecule has 5 heteroatoms. The van der Waals surface area contributed by atoms with Crippen molar-refractivity contribution in [3.63, 3.8) is 0 Å². The van der Waals surface area contributed by atoms with Gasteiger partial charge in [0.15, 0.2) is 6.29 Å². The molecule has 5 nitrogen and oxygen atoms in total. The van der Waals surface area contributed by atoms with Gasteiger partial charge in [-0.3, -0.25) is 4.68 Å². The van der Waals surface area contributed by atoms with Crippen molar-refractivity contribution in [3.8, 4) is 0 Å². The van der Waals surface area contributed by atoms with Crippen LogP contribution in [0, 0.1) is 0 Å². The maximum Gasteiger partial charge on any atom is 0.176 e. The molecule has 0 radical (unpaired) electrons. The number of aromatic nitrogens is 2. The highest BCUT2D eigenvalue weighted by Crippen LogP contribution is 2.15. The quantitative estimate of drug-likeness (QED) is 0.623. The molecule has 0 aliphatic heterocycles. The number of nitrogens with zero attached hydrogens (tertiary/aromatic N) is 2. The van der Waals surface area contributed by atoms with Crippen LogP contribution in [-0.2, 0) is 16.0 Å². The van der Waals surface area contributed by atoms with Crippen LogP contribution in [0.15, 0.2) is 24.4 Å². The van der Waals surface area contributed by atoms with Gasteiger partial charge in [-0.25, -0.2) is 0 Å². The van der Waals surface area contributed by atoms with Gasteiger partial charge in [0.1, 0.15) is 0 Å². The molecule has 0 amide bonds. The zero-order chi connectivity index (χ0) is 11.5.